The minimum absolute atomic E-state index is 0.0867. The van der Waals surface area contributed by atoms with E-state index in [9.17, 15) is 4.79 Å². The second-order valence-corrected chi connectivity index (χ2v) is 3.09. The first-order valence-corrected chi connectivity index (χ1v) is 4.51. The molecule has 5 nitrogen and oxygen atoms in total. The molecule has 0 aliphatic carbocycles. The van der Waals surface area contributed by atoms with Gasteiger partial charge in [0.15, 0.2) is 5.69 Å². The largest absolute Gasteiger partial charge is 0.478 e. The SMILES string of the molecule is N#Cc1nn(-c2ccccc2)cc1C(=O)O. The average molecular weight is 213 g/mol. The summed E-state index contributed by atoms with van der Waals surface area (Å²) in [6.45, 7) is 0. The molecule has 5 heteroatoms. The van der Waals surface area contributed by atoms with Gasteiger partial charge >= 0.3 is 5.97 Å². The summed E-state index contributed by atoms with van der Waals surface area (Å²) < 4.78 is 1.38. The number of benzene rings is 1. The van der Waals surface area contributed by atoms with Crippen LogP contribution in [0, 0.1) is 11.3 Å². The van der Waals surface area contributed by atoms with Crippen molar-refractivity contribution in [2.45, 2.75) is 0 Å². The van der Waals surface area contributed by atoms with Crippen LogP contribution in [-0.4, -0.2) is 20.9 Å². The van der Waals surface area contributed by atoms with Gasteiger partial charge in [0.05, 0.1) is 5.69 Å². The molecule has 16 heavy (non-hydrogen) atoms. The van der Waals surface area contributed by atoms with Gasteiger partial charge in [-0.25, -0.2) is 9.48 Å². The Bertz CT molecular complexity index is 567. The van der Waals surface area contributed by atoms with E-state index in [1.165, 1.54) is 10.9 Å². The summed E-state index contributed by atoms with van der Waals surface area (Å²) in [5, 5.41) is 21.5. The first-order valence-electron chi connectivity index (χ1n) is 4.51. The van der Waals surface area contributed by atoms with E-state index in [1.807, 2.05) is 18.2 Å². The lowest BCUT2D eigenvalue weighted by Gasteiger charge is -1.98. The second-order valence-electron chi connectivity index (χ2n) is 3.09. The monoisotopic (exact) mass is 213 g/mol. The van der Waals surface area contributed by atoms with Crippen LogP contribution in [0.1, 0.15) is 16.1 Å². The van der Waals surface area contributed by atoms with Crippen molar-refractivity contribution < 1.29 is 9.90 Å². The third-order valence-corrected chi connectivity index (χ3v) is 2.07. The molecule has 1 aromatic heterocycles. The number of rotatable bonds is 2. The molecule has 0 atom stereocenters. The zero-order valence-electron chi connectivity index (χ0n) is 8.16. The predicted octanol–water partition coefficient (Wildman–Crippen LogP) is 1.44. The minimum atomic E-state index is -1.15. The predicted molar refractivity (Wildman–Crippen MR) is 55.2 cm³/mol. The summed E-state index contributed by atoms with van der Waals surface area (Å²) in [7, 11) is 0. The van der Waals surface area contributed by atoms with E-state index in [2.05, 4.69) is 5.10 Å². The molecule has 1 N–H and O–H groups in total. The Kier molecular flexibility index (Phi) is 2.40. The number of aromatic carboxylic acids is 1. The van der Waals surface area contributed by atoms with Crippen LogP contribution >= 0.6 is 0 Å². The Morgan fingerprint density at radius 3 is 2.56 bits per heavy atom. The van der Waals surface area contributed by atoms with Crippen LogP contribution in [-0.2, 0) is 0 Å². The van der Waals surface area contributed by atoms with Crippen LogP contribution in [0.15, 0.2) is 36.5 Å². The molecule has 0 amide bonds. The fourth-order valence-corrected chi connectivity index (χ4v) is 1.33. The molecule has 0 radical (unpaired) electrons. The van der Waals surface area contributed by atoms with E-state index in [-0.39, 0.29) is 11.3 Å². The zero-order chi connectivity index (χ0) is 11.5. The molecule has 0 spiro atoms. The number of para-hydroxylation sites is 1. The molecule has 78 valence electrons. The van der Waals surface area contributed by atoms with E-state index in [0.717, 1.165) is 0 Å². The molecule has 0 fully saturated rings. The number of carboxylic acid groups (broad SMARTS) is 1. The van der Waals surface area contributed by atoms with Crippen LogP contribution in [0.25, 0.3) is 5.69 Å². The van der Waals surface area contributed by atoms with Crippen LogP contribution in [0.2, 0.25) is 0 Å². The number of aromatic nitrogens is 2. The van der Waals surface area contributed by atoms with Crippen molar-refractivity contribution >= 4 is 5.97 Å². The Morgan fingerprint density at radius 2 is 2.06 bits per heavy atom. The highest BCUT2D eigenvalue weighted by atomic mass is 16.4. The van der Waals surface area contributed by atoms with Gasteiger partial charge in [0.2, 0.25) is 0 Å². The summed E-state index contributed by atoms with van der Waals surface area (Å²) in [5.41, 5.74) is 0.536. The zero-order valence-corrected chi connectivity index (χ0v) is 8.16. The van der Waals surface area contributed by atoms with E-state index in [1.54, 1.807) is 18.2 Å². The van der Waals surface area contributed by atoms with Gasteiger partial charge in [0.1, 0.15) is 11.6 Å². The van der Waals surface area contributed by atoms with Gasteiger partial charge in [-0.15, -0.1) is 0 Å². The van der Waals surface area contributed by atoms with E-state index in [4.69, 9.17) is 10.4 Å². The van der Waals surface area contributed by atoms with Crippen LogP contribution in [0.4, 0.5) is 0 Å². The van der Waals surface area contributed by atoms with Gasteiger partial charge in [-0.2, -0.15) is 10.4 Å². The highest BCUT2D eigenvalue weighted by Crippen LogP contribution is 2.11. The molecule has 2 aromatic rings. The van der Waals surface area contributed by atoms with Gasteiger partial charge in [0, 0.05) is 6.20 Å². The fourth-order valence-electron chi connectivity index (χ4n) is 1.33. The van der Waals surface area contributed by atoms with Gasteiger partial charge < -0.3 is 5.11 Å². The summed E-state index contributed by atoms with van der Waals surface area (Å²) in [6, 6.07) is 10.8. The van der Waals surface area contributed by atoms with Crippen molar-refractivity contribution in [3.8, 4) is 11.8 Å². The van der Waals surface area contributed by atoms with E-state index >= 15 is 0 Å². The van der Waals surface area contributed by atoms with Crippen molar-refractivity contribution in [3.05, 3.63) is 47.8 Å². The Morgan fingerprint density at radius 1 is 1.38 bits per heavy atom. The van der Waals surface area contributed by atoms with Gasteiger partial charge in [-0.3, -0.25) is 0 Å². The van der Waals surface area contributed by atoms with Crippen LogP contribution in [0.3, 0.4) is 0 Å². The van der Waals surface area contributed by atoms with Crippen LogP contribution in [0.5, 0.6) is 0 Å². The molecule has 0 aliphatic heterocycles. The van der Waals surface area contributed by atoms with Gasteiger partial charge in [-0.1, -0.05) is 18.2 Å². The van der Waals surface area contributed by atoms with Crippen molar-refractivity contribution in [3.63, 3.8) is 0 Å². The molecule has 0 bridgehead atoms. The maximum absolute atomic E-state index is 10.8. The van der Waals surface area contributed by atoms with Crippen LogP contribution < -0.4 is 0 Å². The molecular weight excluding hydrogens is 206 g/mol. The second kappa shape index (κ2) is 3.87. The number of nitrogens with zero attached hydrogens (tertiary/aromatic N) is 3. The fraction of sp³-hybridized carbons (Fsp3) is 0. The smallest absolute Gasteiger partial charge is 0.340 e. The minimum Gasteiger partial charge on any atom is -0.478 e. The molecule has 1 heterocycles. The lowest BCUT2D eigenvalue weighted by Crippen LogP contribution is -1.96. The number of carboxylic acids is 1. The normalized spacial score (nSPS) is 9.69. The average Bonchev–Trinajstić information content (AvgIpc) is 2.74. The van der Waals surface area contributed by atoms with Gasteiger partial charge in [0.25, 0.3) is 0 Å². The van der Waals surface area contributed by atoms with Crippen molar-refractivity contribution in [1.29, 1.82) is 5.26 Å². The molecular formula is C11H7N3O2. The van der Waals surface area contributed by atoms with Crippen molar-refractivity contribution in [2.75, 3.05) is 0 Å². The summed E-state index contributed by atoms with van der Waals surface area (Å²) in [5.74, 6) is -1.15. The van der Waals surface area contributed by atoms with Gasteiger partial charge in [-0.05, 0) is 12.1 Å². The highest BCUT2D eigenvalue weighted by Gasteiger charge is 2.15. The topological polar surface area (TPSA) is 78.9 Å². The molecule has 0 aliphatic rings. The molecule has 0 saturated carbocycles. The third kappa shape index (κ3) is 1.64. The Hall–Kier alpha value is -2.61. The lowest BCUT2D eigenvalue weighted by molar-refractivity contribution is 0.0696. The van der Waals surface area contributed by atoms with Crippen molar-refractivity contribution in [1.82, 2.24) is 9.78 Å². The maximum atomic E-state index is 10.8. The maximum Gasteiger partial charge on any atom is 0.340 e. The summed E-state index contributed by atoms with van der Waals surface area (Å²) >= 11 is 0. The Labute approximate surface area is 91.2 Å². The first-order chi connectivity index (χ1) is 7.72. The lowest BCUT2D eigenvalue weighted by atomic mass is 10.3. The molecule has 0 unspecified atom stereocenters. The number of hydrogen-bond acceptors (Lipinski definition) is 3. The quantitative estimate of drug-likeness (QED) is 0.818. The number of carbonyl (C=O) groups is 1. The summed E-state index contributed by atoms with van der Waals surface area (Å²) in [6.07, 6.45) is 1.33. The molecule has 0 saturated heterocycles. The number of nitriles is 1. The van der Waals surface area contributed by atoms with E-state index in [0.29, 0.717) is 5.69 Å². The highest BCUT2D eigenvalue weighted by molar-refractivity contribution is 5.89. The third-order valence-electron chi connectivity index (χ3n) is 2.07. The Balaban J connectivity index is 2.54. The number of hydrogen-bond donors (Lipinski definition) is 1. The van der Waals surface area contributed by atoms with Crippen molar-refractivity contribution in [2.24, 2.45) is 0 Å². The standard InChI is InChI=1S/C11H7N3O2/c12-6-10-9(11(15)16)7-14(13-10)8-4-2-1-3-5-8/h1-5,7H,(H,15,16). The molecule has 2 rings (SSSR count). The van der Waals surface area contributed by atoms with E-state index < -0.39 is 5.97 Å². The summed E-state index contributed by atoms with van der Waals surface area (Å²) in [4.78, 5) is 10.8. The first kappa shape index (κ1) is 9.93. The molecule has 1 aromatic carbocycles.